The van der Waals surface area contributed by atoms with Crippen molar-refractivity contribution in [3.63, 3.8) is 0 Å². The summed E-state index contributed by atoms with van der Waals surface area (Å²) in [5.74, 6) is -0.242. The number of benzene rings is 1. The summed E-state index contributed by atoms with van der Waals surface area (Å²) in [6.45, 7) is 2.47. The second kappa shape index (κ2) is 7.53. The molecule has 6 nitrogen and oxygen atoms in total. The molecule has 3 aromatic rings. The normalized spacial score (nSPS) is 12.4. The maximum absolute atomic E-state index is 12.5. The van der Waals surface area contributed by atoms with Crippen molar-refractivity contribution in [2.45, 2.75) is 19.8 Å². The lowest BCUT2D eigenvalue weighted by Gasteiger charge is -2.14. The molecule has 0 bridgehead atoms. The molecule has 6 heteroatoms. The van der Waals surface area contributed by atoms with E-state index in [0.29, 0.717) is 24.1 Å². The van der Waals surface area contributed by atoms with Gasteiger partial charge in [0.05, 0.1) is 11.8 Å². The summed E-state index contributed by atoms with van der Waals surface area (Å²) >= 11 is 0. The minimum absolute atomic E-state index is 0.00128. The number of amides is 1. The van der Waals surface area contributed by atoms with Crippen molar-refractivity contribution >= 4 is 16.9 Å². The number of carbonyl (C=O) groups is 1. The van der Waals surface area contributed by atoms with E-state index >= 15 is 0 Å². The van der Waals surface area contributed by atoms with Crippen LogP contribution in [0.25, 0.3) is 11.0 Å². The van der Waals surface area contributed by atoms with E-state index in [1.165, 1.54) is 6.26 Å². The molecule has 1 amide bonds. The number of nitrogens with one attached hydrogen (secondary N) is 1. The number of furan rings is 1. The summed E-state index contributed by atoms with van der Waals surface area (Å²) in [7, 11) is 1.85. The molecule has 2 heterocycles. The number of aliphatic hydroxyl groups excluding tert-OH is 1. The first-order valence-electron chi connectivity index (χ1n) is 8.47. The van der Waals surface area contributed by atoms with Gasteiger partial charge in [0.25, 0.3) is 5.91 Å². The Morgan fingerprint density at radius 3 is 2.92 bits per heavy atom. The Balaban J connectivity index is 1.67. The van der Waals surface area contributed by atoms with Gasteiger partial charge in [0.2, 0.25) is 0 Å². The Bertz CT molecular complexity index is 866. The predicted octanol–water partition coefficient (Wildman–Crippen LogP) is 2.31. The minimum Gasteiger partial charge on any atom is -0.463 e. The molecule has 0 fully saturated rings. The number of aliphatic hydroxyl groups is 1. The quantitative estimate of drug-likeness (QED) is 0.691. The monoisotopic (exact) mass is 341 g/mol. The van der Waals surface area contributed by atoms with Crippen molar-refractivity contribution < 1.29 is 14.3 Å². The van der Waals surface area contributed by atoms with Crippen LogP contribution in [0.5, 0.6) is 0 Å². The number of aryl methyl sites for hydroxylation is 2. The predicted molar refractivity (Wildman–Crippen MR) is 95.4 cm³/mol. The first-order chi connectivity index (χ1) is 12.1. The SMILES string of the molecule is CCc1ccc2occ(C(=O)NC[C@H](CO)Cc3cnn(C)c3)c2c1. The van der Waals surface area contributed by atoms with E-state index in [-0.39, 0.29) is 18.4 Å². The topological polar surface area (TPSA) is 80.3 Å². The van der Waals surface area contributed by atoms with E-state index < -0.39 is 0 Å². The van der Waals surface area contributed by atoms with Crippen LogP contribution in [0.1, 0.15) is 28.4 Å². The van der Waals surface area contributed by atoms with E-state index in [1.54, 1.807) is 10.9 Å². The molecule has 0 unspecified atom stereocenters. The van der Waals surface area contributed by atoms with Crippen molar-refractivity contribution in [1.29, 1.82) is 0 Å². The third-order valence-electron chi connectivity index (χ3n) is 4.38. The fourth-order valence-electron chi connectivity index (χ4n) is 2.92. The average molecular weight is 341 g/mol. The molecule has 3 rings (SSSR count). The Kier molecular flexibility index (Phi) is 5.19. The van der Waals surface area contributed by atoms with Crippen molar-refractivity contribution in [2.75, 3.05) is 13.2 Å². The van der Waals surface area contributed by atoms with E-state index in [1.807, 2.05) is 31.4 Å². The molecule has 0 spiro atoms. The molecule has 0 aliphatic carbocycles. The van der Waals surface area contributed by atoms with Gasteiger partial charge < -0.3 is 14.8 Å². The van der Waals surface area contributed by atoms with Gasteiger partial charge in [0.15, 0.2) is 0 Å². The van der Waals surface area contributed by atoms with Crippen LogP contribution < -0.4 is 5.32 Å². The minimum atomic E-state index is -0.184. The molecule has 1 atom stereocenters. The highest BCUT2D eigenvalue weighted by Gasteiger charge is 2.16. The largest absolute Gasteiger partial charge is 0.463 e. The van der Waals surface area contributed by atoms with Gasteiger partial charge >= 0.3 is 0 Å². The van der Waals surface area contributed by atoms with Gasteiger partial charge in [-0.2, -0.15) is 5.10 Å². The molecule has 0 aliphatic heterocycles. The van der Waals surface area contributed by atoms with Gasteiger partial charge in [-0.15, -0.1) is 0 Å². The van der Waals surface area contributed by atoms with E-state index in [9.17, 15) is 9.90 Å². The van der Waals surface area contributed by atoms with Gasteiger partial charge in [0.1, 0.15) is 11.8 Å². The van der Waals surface area contributed by atoms with Crippen LogP contribution in [0.2, 0.25) is 0 Å². The molecule has 2 aromatic heterocycles. The molecule has 1 aromatic carbocycles. The Hall–Kier alpha value is -2.60. The number of carbonyl (C=O) groups excluding carboxylic acids is 1. The summed E-state index contributed by atoms with van der Waals surface area (Å²) in [6, 6.07) is 5.89. The third-order valence-corrected chi connectivity index (χ3v) is 4.38. The number of aromatic nitrogens is 2. The lowest BCUT2D eigenvalue weighted by atomic mass is 10.0. The van der Waals surface area contributed by atoms with Crippen LogP contribution in [0.15, 0.2) is 41.3 Å². The highest BCUT2D eigenvalue weighted by atomic mass is 16.3. The number of hydrogen-bond donors (Lipinski definition) is 2. The zero-order valence-corrected chi connectivity index (χ0v) is 14.5. The van der Waals surface area contributed by atoms with Gasteiger partial charge in [-0.25, -0.2) is 0 Å². The molecule has 0 saturated carbocycles. The van der Waals surface area contributed by atoms with Crippen molar-refractivity contribution in [1.82, 2.24) is 15.1 Å². The second-order valence-corrected chi connectivity index (χ2v) is 6.32. The number of fused-ring (bicyclic) bond motifs is 1. The Morgan fingerprint density at radius 1 is 1.40 bits per heavy atom. The lowest BCUT2D eigenvalue weighted by molar-refractivity contribution is 0.0940. The second-order valence-electron chi connectivity index (χ2n) is 6.32. The van der Waals surface area contributed by atoms with Crippen LogP contribution in [-0.2, 0) is 19.9 Å². The van der Waals surface area contributed by atoms with Gasteiger partial charge in [-0.3, -0.25) is 9.48 Å². The van der Waals surface area contributed by atoms with Gasteiger partial charge in [-0.1, -0.05) is 13.0 Å². The zero-order chi connectivity index (χ0) is 17.8. The molecule has 2 N–H and O–H groups in total. The van der Waals surface area contributed by atoms with E-state index in [2.05, 4.69) is 17.3 Å². The highest BCUT2D eigenvalue weighted by Crippen LogP contribution is 2.23. The van der Waals surface area contributed by atoms with Crippen molar-refractivity contribution in [2.24, 2.45) is 13.0 Å². The van der Waals surface area contributed by atoms with Crippen LogP contribution in [0.4, 0.5) is 0 Å². The van der Waals surface area contributed by atoms with Gasteiger partial charge in [0, 0.05) is 37.7 Å². The maximum atomic E-state index is 12.5. The Morgan fingerprint density at radius 2 is 2.24 bits per heavy atom. The summed E-state index contributed by atoms with van der Waals surface area (Å²) in [6.07, 6.45) is 6.76. The summed E-state index contributed by atoms with van der Waals surface area (Å²) in [5, 5.41) is 17.4. The van der Waals surface area contributed by atoms with E-state index in [4.69, 9.17) is 4.42 Å². The first kappa shape index (κ1) is 17.2. The van der Waals surface area contributed by atoms with Crippen molar-refractivity contribution in [3.05, 3.63) is 53.5 Å². The molecule has 0 radical (unpaired) electrons. The van der Waals surface area contributed by atoms with Crippen molar-refractivity contribution in [3.8, 4) is 0 Å². The van der Waals surface area contributed by atoms with Crippen LogP contribution in [0.3, 0.4) is 0 Å². The average Bonchev–Trinajstić information content (AvgIpc) is 3.23. The molecular formula is C19H23N3O3. The molecule has 0 aliphatic rings. The van der Waals surface area contributed by atoms with Crippen LogP contribution in [0, 0.1) is 5.92 Å². The van der Waals surface area contributed by atoms with Gasteiger partial charge in [-0.05, 0) is 36.1 Å². The smallest absolute Gasteiger partial charge is 0.255 e. The molecular weight excluding hydrogens is 318 g/mol. The highest BCUT2D eigenvalue weighted by molar-refractivity contribution is 6.06. The lowest BCUT2D eigenvalue weighted by Crippen LogP contribution is -2.31. The zero-order valence-electron chi connectivity index (χ0n) is 14.5. The fraction of sp³-hybridized carbons (Fsp3) is 0.368. The number of nitrogens with zero attached hydrogens (tertiary/aromatic N) is 2. The molecule has 132 valence electrons. The fourth-order valence-corrected chi connectivity index (χ4v) is 2.92. The summed E-state index contributed by atoms with van der Waals surface area (Å²) < 4.78 is 7.21. The summed E-state index contributed by atoms with van der Waals surface area (Å²) in [4.78, 5) is 12.5. The molecule has 25 heavy (non-hydrogen) atoms. The van der Waals surface area contributed by atoms with E-state index in [0.717, 1.165) is 22.9 Å². The first-order valence-corrected chi connectivity index (χ1v) is 8.47. The number of hydrogen-bond acceptors (Lipinski definition) is 4. The standard InChI is InChI=1S/C19H23N3O3/c1-3-13-4-5-18-16(7-13)17(12-25-18)19(24)20-8-15(11-23)6-14-9-21-22(2)10-14/h4-5,7,9-10,12,15,23H,3,6,8,11H2,1-2H3,(H,20,24)/t15-/m1/s1. The summed E-state index contributed by atoms with van der Waals surface area (Å²) in [5.41, 5.74) is 3.43. The Labute approximate surface area is 146 Å². The molecule has 0 saturated heterocycles. The van der Waals surface area contributed by atoms with Crippen LogP contribution in [-0.4, -0.2) is 33.9 Å². The number of rotatable bonds is 7. The van der Waals surface area contributed by atoms with Crippen LogP contribution >= 0.6 is 0 Å². The maximum Gasteiger partial charge on any atom is 0.255 e. The third kappa shape index (κ3) is 3.91.